The van der Waals surface area contributed by atoms with E-state index in [0.29, 0.717) is 50.8 Å². The van der Waals surface area contributed by atoms with E-state index in [9.17, 15) is 14.4 Å². The van der Waals surface area contributed by atoms with Crippen molar-refractivity contribution in [2.45, 2.75) is 26.8 Å². The van der Waals surface area contributed by atoms with Gasteiger partial charge in [0.15, 0.2) is 5.82 Å². The Hall–Kier alpha value is -3.88. The summed E-state index contributed by atoms with van der Waals surface area (Å²) < 4.78 is 6.70. The summed E-state index contributed by atoms with van der Waals surface area (Å²) in [6.45, 7) is 6.65. The van der Waals surface area contributed by atoms with Gasteiger partial charge in [0.2, 0.25) is 0 Å². The van der Waals surface area contributed by atoms with E-state index in [1.807, 2.05) is 36.1 Å². The van der Waals surface area contributed by atoms with Crippen molar-refractivity contribution in [3.8, 4) is 0 Å². The summed E-state index contributed by atoms with van der Waals surface area (Å²) in [5, 5.41) is 2.90. The number of nitrogens with zero attached hydrogens (tertiary/aromatic N) is 4. The van der Waals surface area contributed by atoms with Gasteiger partial charge in [-0.25, -0.2) is 9.78 Å². The minimum absolute atomic E-state index is 0.109. The van der Waals surface area contributed by atoms with Crippen molar-refractivity contribution >= 4 is 34.5 Å². The Morgan fingerprint density at radius 2 is 1.71 bits per heavy atom. The first-order chi connectivity index (χ1) is 16.5. The number of fused-ring (bicyclic) bond motifs is 1. The van der Waals surface area contributed by atoms with Crippen LogP contribution in [0.4, 0.5) is 16.3 Å². The number of benzene rings is 2. The third-order valence-electron chi connectivity index (χ3n) is 5.88. The first kappa shape index (κ1) is 23.3. The molecule has 1 saturated heterocycles. The molecule has 9 nitrogen and oxygen atoms in total. The van der Waals surface area contributed by atoms with E-state index in [4.69, 9.17) is 4.74 Å². The summed E-state index contributed by atoms with van der Waals surface area (Å²) >= 11 is 0. The number of aromatic nitrogens is 2. The second kappa shape index (κ2) is 10.4. The number of anilines is 2. The maximum atomic E-state index is 13.0. The van der Waals surface area contributed by atoms with Crippen molar-refractivity contribution in [1.82, 2.24) is 14.5 Å². The van der Waals surface area contributed by atoms with Gasteiger partial charge in [-0.15, -0.1) is 0 Å². The number of urea groups is 1. The number of esters is 1. The predicted octanol–water partition coefficient (Wildman–Crippen LogP) is 2.88. The summed E-state index contributed by atoms with van der Waals surface area (Å²) in [6.07, 6.45) is 0.201. The molecule has 1 aliphatic rings. The number of hydrogen-bond donors (Lipinski definition) is 1. The number of aryl methyl sites for hydroxylation is 1. The average Bonchev–Trinajstić information content (AvgIpc) is 2.85. The number of carbonyl (C=O) groups excluding carboxylic acids is 2. The van der Waals surface area contributed by atoms with Crippen LogP contribution in [-0.2, 0) is 22.5 Å². The molecule has 2 heterocycles. The van der Waals surface area contributed by atoms with E-state index in [1.165, 1.54) is 0 Å². The van der Waals surface area contributed by atoms with Gasteiger partial charge in [-0.2, -0.15) is 0 Å². The second-order valence-electron chi connectivity index (χ2n) is 8.06. The summed E-state index contributed by atoms with van der Waals surface area (Å²) in [4.78, 5) is 45.7. The van der Waals surface area contributed by atoms with Gasteiger partial charge in [-0.3, -0.25) is 9.59 Å². The van der Waals surface area contributed by atoms with Crippen molar-refractivity contribution in [3.05, 3.63) is 64.4 Å². The van der Waals surface area contributed by atoms with Gasteiger partial charge in [0.05, 0.1) is 24.1 Å². The Kier molecular flexibility index (Phi) is 7.10. The lowest BCUT2D eigenvalue weighted by molar-refractivity contribution is -0.142. The number of hydrogen-bond acceptors (Lipinski definition) is 6. The fourth-order valence-corrected chi connectivity index (χ4v) is 4.11. The first-order valence-electron chi connectivity index (χ1n) is 11.5. The highest BCUT2D eigenvalue weighted by atomic mass is 16.5. The number of carbonyl (C=O) groups is 2. The Morgan fingerprint density at radius 3 is 2.38 bits per heavy atom. The van der Waals surface area contributed by atoms with Crippen LogP contribution in [0.1, 0.15) is 19.4 Å². The maximum absolute atomic E-state index is 13.0. The summed E-state index contributed by atoms with van der Waals surface area (Å²) in [5.74, 6) is 0.154. The van der Waals surface area contributed by atoms with Crippen LogP contribution < -0.4 is 15.8 Å². The molecule has 1 aliphatic heterocycles. The van der Waals surface area contributed by atoms with Crippen LogP contribution in [0.25, 0.3) is 11.0 Å². The fraction of sp³-hybridized carbons (Fsp3) is 0.360. The standard InChI is InChI=1S/C25H29N5O4/c1-3-30-21-8-6-5-7-20(21)27-23(24(30)32)28-13-15-29(16-14-28)25(33)26-19-11-9-18(10-12-19)17-22(31)34-4-2/h5-12H,3-4,13-17H2,1-2H3,(H,26,33). The number of ether oxygens (including phenoxy) is 1. The van der Waals surface area contributed by atoms with Gasteiger partial charge in [0.1, 0.15) is 0 Å². The normalized spacial score (nSPS) is 13.7. The molecule has 178 valence electrons. The molecule has 4 rings (SSSR count). The van der Waals surface area contributed by atoms with Crippen LogP contribution in [0.2, 0.25) is 0 Å². The highest BCUT2D eigenvalue weighted by Crippen LogP contribution is 2.17. The van der Waals surface area contributed by atoms with Crippen molar-refractivity contribution in [2.75, 3.05) is 43.0 Å². The molecule has 0 bridgehead atoms. The van der Waals surface area contributed by atoms with Crippen molar-refractivity contribution in [1.29, 1.82) is 0 Å². The van der Waals surface area contributed by atoms with Gasteiger partial charge in [0, 0.05) is 38.4 Å². The van der Waals surface area contributed by atoms with E-state index in [-0.39, 0.29) is 24.0 Å². The zero-order chi connectivity index (χ0) is 24.1. The molecule has 34 heavy (non-hydrogen) atoms. The molecule has 1 fully saturated rings. The molecule has 0 radical (unpaired) electrons. The summed E-state index contributed by atoms with van der Waals surface area (Å²) in [7, 11) is 0. The third kappa shape index (κ3) is 5.03. The van der Waals surface area contributed by atoms with Crippen LogP contribution in [-0.4, -0.2) is 59.2 Å². The zero-order valence-corrected chi connectivity index (χ0v) is 19.5. The summed E-state index contributed by atoms with van der Waals surface area (Å²) in [6, 6.07) is 14.6. The third-order valence-corrected chi connectivity index (χ3v) is 5.88. The fourth-order valence-electron chi connectivity index (χ4n) is 4.11. The Labute approximate surface area is 197 Å². The number of piperazine rings is 1. The minimum atomic E-state index is -0.274. The molecule has 2 aromatic carbocycles. The van der Waals surface area contributed by atoms with Crippen molar-refractivity contribution in [2.24, 2.45) is 0 Å². The molecule has 0 spiro atoms. The van der Waals surface area contributed by atoms with Gasteiger partial charge in [-0.1, -0.05) is 24.3 Å². The molecule has 3 aromatic rings. The second-order valence-corrected chi connectivity index (χ2v) is 8.06. The number of nitrogens with one attached hydrogen (secondary N) is 1. The molecule has 0 saturated carbocycles. The van der Waals surface area contributed by atoms with Crippen LogP contribution in [0.15, 0.2) is 53.3 Å². The van der Waals surface area contributed by atoms with E-state index in [0.717, 1.165) is 16.6 Å². The molecular formula is C25H29N5O4. The quantitative estimate of drug-likeness (QED) is 0.565. The number of rotatable bonds is 6. The molecule has 9 heteroatoms. The average molecular weight is 464 g/mol. The lowest BCUT2D eigenvalue weighted by atomic mass is 10.1. The number of para-hydroxylation sites is 2. The van der Waals surface area contributed by atoms with Crippen molar-refractivity contribution < 1.29 is 14.3 Å². The van der Waals surface area contributed by atoms with E-state index >= 15 is 0 Å². The predicted molar refractivity (Wildman–Crippen MR) is 131 cm³/mol. The van der Waals surface area contributed by atoms with Crippen LogP contribution in [0.5, 0.6) is 0 Å². The van der Waals surface area contributed by atoms with Crippen LogP contribution in [0.3, 0.4) is 0 Å². The Balaban J connectivity index is 1.38. The molecule has 2 amide bonds. The van der Waals surface area contributed by atoms with E-state index in [1.54, 1.807) is 40.7 Å². The number of amides is 2. The van der Waals surface area contributed by atoms with E-state index in [2.05, 4.69) is 10.3 Å². The minimum Gasteiger partial charge on any atom is -0.466 e. The molecule has 0 unspecified atom stereocenters. The molecule has 0 aliphatic carbocycles. The van der Waals surface area contributed by atoms with Crippen LogP contribution in [0, 0.1) is 0 Å². The monoisotopic (exact) mass is 463 g/mol. The van der Waals surface area contributed by atoms with E-state index < -0.39 is 0 Å². The lowest BCUT2D eigenvalue weighted by Crippen LogP contribution is -2.51. The van der Waals surface area contributed by atoms with Gasteiger partial charge in [0.25, 0.3) is 5.56 Å². The highest BCUT2D eigenvalue weighted by molar-refractivity contribution is 5.89. The molecule has 1 N–H and O–H groups in total. The van der Waals surface area contributed by atoms with Gasteiger partial charge < -0.3 is 24.4 Å². The van der Waals surface area contributed by atoms with Gasteiger partial charge >= 0.3 is 12.0 Å². The summed E-state index contributed by atoms with van der Waals surface area (Å²) in [5.41, 5.74) is 2.98. The lowest BCUT2D eigenvalue weighted by Gasteiger charge is -2.35. The Morgan fingerprint density at radius 1 is 1.00 bits per heavy atom. The Bertz CT molecular complexity index is 1230. The molecule has 0 atom stereocenters. The smallest absolute Gasteiger partial charge is 0.321 e. The largest absolute Gasteiger partial charge is 0.466 e. The zero-order valence-electron chi connectivity index (χ0n) is 19.5. The van der Waals surface area contributed by atoms with Crippen molar-refractivity contribution in [3.63, 3.8) is 0 Å². The molecular weight excluding hydrogens is 434 g/mol. The van der Waals surface area contributed by atoms with Gasteiger partial charge in [-0.05, 0) is 43.7 Å². The topological polar surface area (TPSA) is 96.8 Å². The SMILES string of the molecule is CCOC(=O)Cc1ccc(NC(=O)N2CCN(c3nc4ccccc4n(CC)c3=O)CC2)cc1. The first-order valence-corrected chi connectivity index (χ1v) is 11.5. The molecule has 1 aromatic heterocycles. The highest BCUT2D eigenvalue weighted by Gasteiger charge is 2.24. The van der Waals surface area contributed by atoms with Crippen LogP contribution >= 0.6 is 0 Å². The maximum Gasteiger partial charge on any atom is 0.321 e.